The van der Waals surface area contributed by atoms with Crippen LogP contribution in [0.25, 0.3) is 10.8 Å². The Balaban J connectivity index is 1.71. The van der Waals surface area contributed by atoms with Crippen molar-refractivity contribution in [3.8, 4) is 5.75 Å². The fourth-order valence-corrected chi connectivity index (χ4v) is 3.09. The highest BCUT2D eigenvalue weighted by Crippen LogP contribution is 2.23. The maximum Gasteiger partial charge on any atom is 0.265 e. The van der Waals surface area contributed by atoms with Crippen molar-refractivity contribution in [2.24, 2.45) is 0 Å². The van der Waals surface area contributed by atoms with Crippen LogP contribution in [0.15, 0.2) is 66.7 Å². The summed E-state index contributed by atoms with van der Waals surface area (Å²) in [6.07, 6.45) is -0.198. The molecule has 3 aromatic carbocycles. The molecular weight excluding hydrogens is 380 g/mol. The van der Waals surface area contributed by atoms with E-state index in [0.717, 1.165) is 10.8 Å². The number of rotatable bonds is 9. The molecule has 6 heteroatoms. The van der Waals surface area contributed by atoms with Gasteiger partial charge in [-0.2, -0.15) is 0 Å². The van der Waals surface area contributed by atoms with E-state index in [1.54, 1.807) is 31.4 Å². The molecule has 0 aliphatic heterocycles. The van der Waals surface area contributed by atoms with Crippen LogP contribution in [0.2, 0.25) is 0 Å². The zero-order valence-electron chi connectivity index (χ0n) is 17.2. The molecule has 0 unspecified atom stereocenters. The lowest BCUT2D eigenvalue weighted by Gasteiger charge is -2.19. The highest BCUT2D eigenvalue weighted by molar-refractivity contribution is 6.04. The van der Waals surface area contributed by atoms with Crippen LogP contribution < -0.4 is 15.4 Å². The fraction of sp³-hybridized carbons (Fsp3) is 0.250. The minimum atomic E-state index is -0.684. The van der Waals surface area contributed by atoms with Gasteiger partial charge in [-0.3, -0.25) is 9.59 Å². The highest BCUT2D eigenvalue weighted by atomic mass is 16.5. The molecule has 0 heterocycles. The Bertz CT molecular complexity index is 1020. The summed E-state index contributed by atoms with van der Waals surface area (Å²) in [7, 11) is 1.57. The Hall–Kier alpha value is -3.38. The summed E-state index contributed by atoms with van der Waals surface area (Å²) < 4.78 is 10.9. The number of benzene rings is 3. The number of fused-ring (bicyclic) bond motifs is 1. The van der Waals surface area contributed by atoms with E-state index in [0.29, 0.717) is 36.6 Å². The maximum atomic E-state index is 12.9. The predicted molar refractivity (Wildman–Crippen MR) is 118 cm³/mol. The number of carbonyl (C=O) groups is 2. The van der Waals surface area contributed by atoms with E-state index in [-0.39, 0.29) is 11.8 Å². The first-order chi connectivity index (χ1) is 14.6. The molecular formula is C24H26N2O4. The van der Waals surface area contributed by atoms with Gasteiger partial charge in [-0.1, -0.05) is 49.4 Å². The molecule has 0 aliphatic rings. The zero-order valence-corrected chi connectivity index (χ0v) is 17.2. The molecule has 0 aliphatic carbocycles. The predicted octanol–water partition coefficient (Wildman–Crippen LogP) is 4.01. The molecule has 0 saturated carbocycles. The number of para-hydroxylation sites is 1. The lowest BCUT2D eigenvalue weighted by Crippen LogP contribution is -2.34. The first-order valence-electron chi connectivity index (χ1n) is 9.95. The van der Waals surface area contributed by atoms with Crippen molar-refractivity contribution >= 4 is 28.3 Å². The number of anilines is 1. The van der Waals surface area contributed by atoms with Crippen LogP contribution >= 0.6 is 0 Å². The van der Waals surface area contributed by atoms with Crippen LogP contribution in [0.3, 0.4) is 0 Å². The summed E-state index contributed by atoms with van der Waals surface area (Å²) in [5.41, 5.74) is 0.834. The summed E-state index contributed by atoms with van der Waals surface area (Å²) in [4.78, 5) is 25.3. The SMILES string of the molecule is CC[C@@H](Oc1ccc2ccccc2c1)C(=O)Nc1ccccc1C(=O)NCCOC. The molecule has 2 N–H and O–H groups in total. The van der Waals surface area contributed by atoms with Gasteiger partial charge >= 0.3 is 0 Å². The standard InChI is InChI=1S/C24H26N2O4/c1-3-22(30-19-13-12-17-8-4-5-9-18(17)16-19)24(28)26-21-11-7-6-10-20(21)23(27)25-14-15-29-2/h4-13,16,22H,3,14-15H2,1-2H3,(H,25,27)(H,26,28)/t22-/m1/s1. The van der Waals surface area contributed by atoms with Gasteiger partial charge in [0.25, 0.3) is 11.8 Å². The number of ether oxygens (including phenoxy) is 2. The molecule has 0 fully saturated rings. The Morgan fingerprint density at radius 1 is 0.967 bits per heavy atom. The fourth-order valence-electron chi connectivity index (χ4n) is 3.09. The smallest absolute Gasteiger partial charge is 0.265 e. The third-order valence-corrected chi connectivity index (χ3v) is 4.68. The lowest BCUT2D eigenvalue weighted by atomic mass is 10.1. The van der Waals surface area contributed by atoms with Crippen molar-refractivity contribution < 1.29 is 19.1 Å². The summed E-state index contributed by atoms with van der Waals surface area (Å²) in [6.45, 7) is 2.69. The molecule has 6 nitrogen and oxygen atoms in total. The van der Waals surface area contributed by atoms with Gasteiger partial charge in [-0.05, 0) is 41.5 Å². The molecule has 156 valence electrons. The third kappa shape index (κ3) is 5.36. The Labute approximate surface area is 176 Å². The zero-order chi connectivity index (χ0) is 21.3. The number of hydrogen-bond acceptors (Lipinski definition) is 4. The summed E-state index contributed by atoms with van der Waals surface area (Å²) in [5.74, 6) is 0.0514. The number of methoxy groups -OCH3 is 1. The van der Waals surface area contributed by atoms with Crippen molar-refractivity contribution in [2.45, 2.75) is 19.4 Å². The molecule has 0 radical (unpaired) electrons. The van der Waals surface area contributed by atoms with Gasteiger partial charge in [0.05, 0.1) is 17.9 Å². The van der Waals surface area contributed by atoms with E-state index in [9.17, 15) is 9.59 Å². The second-order valence-corrected chi connectivity index (χ2v) is 6.81. The van der Waals surface area contributed by atoms with Gasteiger partial charge in [0.1, 0.15) is 5.75 Å². The number of nitrogens with one attached hydrogen (secondary N) is 2. The van der Waals surface area contributed by atoms with E-state index >= 15 is 0 Å². The van der Waals surface area contributed by atoms with E-state index < -0.39 is 6.10 Å². The summed E-state index contributed by atoms with van der Waals surface area (Å²) in [6, 6.07) is 20.6. The normalized spacial score (nSPS) is 11.7. The van der Waals surface area contributed by atoms with Gasteiger partial charge in [0.15, 0.2) is 6.10 Å². The van der Waals surface area contributed by atoms with Crippen molar-refractivity contribution in [3.63, 3.8) is 0 Å². The van der Waals surface area contributed by atoms with Crippen molar-refractivity contribution in [1.29, 1.82) is 0 Å². The van der Waals surface area contributed by atoms with Gasteiger partial charge in [0.2, 0.25) is 0 Å². The quantitative estimate of drug-likeness (QED) is 0.527. The Morgan fingerprint density at radius 2 is 1.70 bits per heavy atom. The van der Waals surface area contributed by atoms with Crippen LogP contribution in [-0.2, 0) is 9.53 Å². The van der Waals surface area contributed by atoms with E-state index in [1.807, 2.05) is 49.4 Å². The van der Waals surface area contributed by atoms with Crippen LogP contribution in [0.5, 0.6) is 5.75 Å². The monoisotopic (exact) mass is 406 g/mol. The van der Waals surface area contributed by atoms with E-state index in [2.05, 4.69) is 10.6 Å². The number of amides is 2. The first kappa shape index (κ1) is 21.3. The van der Waals surface area contributed by atoms with Crippen molar-refractivity contribution in [2.75, 3.05) is 25.6 Å². The molecule has 2 amide bonds. The van der Waals surface area contributed by atoms with Gasteiger partial charge < -0.3 is 20.1 Å². The number of hydrogen-bond donors (Lipinski definition) is 2. The van der Waals surface area contributed by atoms with Crippen LogP contribution in [0, 0.1) is 0 Å². The van der Waals surface area contributed by atoms with Crippen molar-refractivity contribution in [3.05, 3.63) is 72.3 Å². The molecule has 0 spiro atoms. The molecule has 0 aromatic heterocycles. The van der Waals surface area contributed by atoms with Gasteiger partial charge in [-0.25, -0.2) is 0 Å². The average molecular weight is 406 g/mol. The highest BCUT2D eigenvalue weighted by Gasteiger charge is 2.21. The Morgan fingerprint density at radius 3 is 2.47 bits per heavy atom. The van der Waals surface area contributed by atoms with Crippen LogP contribution in [0.1, 0.15) is 23.7 Å². The second kappa shape index (κ2) is 10.4. The second-order valence-electron chi connectivity index (χ2n) is 6.81. The van der Waals surface area contributed by atoms with E-state index in [1.165, 1.54) is 0 Å². The molecule has 0 bridgehead atoms. The maximum absolute atomic E-state index is 12.9. The molecule has 3 rings (SSSR count). The minimum Gasteiger partial charge on any atom is -0.481 e. The van der Waals surface area contributed by atoms with E-state index in [4.69, 9.17) is 9.47 Å². The lowest BCUT2D eigenvalue weighted by molar-refractivity contribution is -0.122. The third-order valence-electron chi connectivity index (χ3n) is 4.68. The molecule has 3 aromatic rings. The largest absolute Gasteiger partial charge is 0.481 e. The van der Waals surface area contributed by atoms with Crippen LogP contribution in [0.4, 0.5) is 5.69 Å². The average Bonchev–Trinajstić information content (AvgIpc) is 2.77. The summed E-state index contributed by atoms with van der Waals surface area (Å²) in [5, 5.41) is 7.75. The first-order valence-corrected chi connectivity index (χ1v) is 9.95. The summed E-state index contributed by atoms with van der Waals surface area (Å²) >= 11 is 0. The van der Waals surface area contributed by atoms with Crippen LogP contribution in [-0.4, -0.2) is 38.2 Å². The number of carbonyl (C=O) groups excluding carboxylic acids is 2. The topological polar surface area (TPSA) is 76.7 Å². The van der Waals surface area contributed by atoms with Crippen molar-refractivity contribution in [1.82, 2.24) is 5.32 Å². The molecule has 0 saturated heterocycles. The minimum absolute atomic E-state index is 0.272. The van der Waals surface area contributed by atoms with Gasteiger partial charge in [-0.15, -0.1) is 0 Å². The molecule has 30 heavy (non-hydrogen) atoms. The molecule has 1 atom stereocenters. The Kier molecular flexibility index (Phi) is 7.40. The van der Waals surface area contributed by atoms with Gasteiger partial charge in [0, 0.05) is 13.7 Å².